The number of nitrogens with one attached hydrogen (secondary N) is 1. The van der Waals surface area contributed by atoms with E-state index in [0.717, 1.165) is 38.4 Å². The minimum Gasteiger partial charge on any atom is -0.381 e. The first-order valence-corrected chi connectivity index (χ1v) is 6.33. The first-order valence-electron chi connectivity index (χ1n) is 6.33. The van der Waals surface area contributed by atoms with E-state index in [2.05, 4.69) is 15.6 Å². The first kappa shape index (κ1) is 11.5. The van der Waals surface area contributed by atoms with Gasteiger partial charge >= 0.3 is 6.03 Å². The molecule has 2 aliphatic rings. The molecule has 0 aromatic carbocycles. The Kier molecular flexibility index (Phi) is 3.14. The van der Waals surface area contributed by atoms with Crippen LogP contribution in [0.5, 0.6) is 0 Å². The molecule has 2 aliphatic heterocycles. The molecule has 0 spiro atoms. The molecule has 2 saturated heterocycles. The molecule has 0 aliphatic carbocycles. The summed E-state index contributed by atoms with van der Waals surface area (Å²) < 4.78 is 7.14. The van der Waals surface area contributed by atoms with Crippen molar-refractivity contribution in [1.29, 1.82) is 0 Å². The van der Waals surface area contributed by atoms with Crippen LogP contribution in [0.4, 0.5) is 4.79 Å². The van der Waals surface area contributed by atoms with Crippen LogP contribution in [0.2, 0.25) is 0 Å². The van der Waals surface area contributed by atoms with Crippen LogP contribution in [0.1, 0.15) is 18.0 Å². The minimum absolute atomic E-state index is 0.0135. The molecule has 0 radical (unpaired) electrons. The second kappa shape index (κ2) is 4.93. The van der Waals surface area contributed by atoms with Gasteiger partial charge in [0.15, 0.2) is 0 Å². The summed E-state index contributed by atoms with van der Waals surface area (Å²) >= 11 is 0. The Hall–Kier alpha value is -1.63. The Morgan fingerprint density at radius 3 is 3.17 bits per heavy atom. The van der Waals surface area contributed by atoms with Crippen LogP contribution in [-0.2, 0) is 11.3 Å². The molecule has 1 aromatic rings. The highest BCUT2D eigenvalue weighted by molar-refractivity contribution is 5.76. The van der Waals surface area contributed by atoms with Crippen molar-refractivity contribution in [2.75, 3.05) is 32.8 Å². The van der Waals surface area contributed by atoms with Crippen LogP contribution in [0.3, 0.4) is 0 Å². The standard InChI is InChI=1S/C11H17N5O2/c17-11-12-2-3-15(11)4-5-16-7-10(13-14-16)9-1-6-18-8-9/h7,9H,1-6,8H2,(H,12,17)/t9-/m1/s1. The summed E-state index contributed by atoms with van der Waals surface area (Å²) in [4.78, 5) is 13.2. The number of ether oxygens (including phenoxy) is 1. The van der Waals surface area contributed by atoms with Crippen molar-refractivity contribution in [3.05, 3.63) is 11.9 Å². The van der Waals surface area contributed by atoms with Crippen molar-refractivity contribution >= 4 is 6.03 Å². The largest absolute Gasteiger partial charge is 0.381 e. The van der Waals surface area contributed by atoms with Gasteiger partial charge in [-0.2, -0.15) is 0 Å². The topological polar surface area (TPSA) is 72.3 Å². The van der Waals surface area contributed by atoms with Gasteiger partial charge in [0.25, 0.3) is 0 Å². The summed E-state index contributed by atoms with van der Waals surface area (Å²) in [7, 11) is 0. The van der Waals surface area contributed by atoms with Gasteiger partial charge in [-0.25, -0.2) is 4.79 Å². The van der Waals surface area contributed by atoms with Crippen molar-refractivity contribution in [3.63, 3.8) is 0 Å². The number of carbonyl (C=O) groups is 1. The zero-order valence-electron chi connectivity index (χ0n) is 10.2. The average Bonchev–Trinajstić information content (AvgIpc) is 3.08. The van der Waals surface area contributed by atoms with E-state index < -0.39 is 0 Å². The van der Waals surface area contributed by atoms with Gasteiger partial charge in [0.2, 0.25) is 0 Å². The van der Waals surface area contributed by atoms with E-state index in [1.165, 1.54) is 0 Å². The predicted molar refractivity (Wildman–Crippen MR) is 63.2 cm³/mol. The van der Waals surface area contributed by atoms with E-state index in [0.29, 0.717) is 19.0 Å². The molecule has 0 bridgehead atoms. The van der Waals surface area contributed by atoms with Gasteiger partial charge in [-0.05, 0) is 6.42 Å². The second-order valence-electron chi connectivity index (χ2n) is 4.69. The van der Waals surface area contributed by atoms with Gasteiger partial charge in [-0.3, -0.25) is 4.68 Å². The number of amides is 2. The van der Waals surface area contributed by atoms with Gasteiger partial charge in [-0.15, -0.1) is 5.10 Å². The fourth-order valence-electron chi connectivity index (χ4n) is 2.33. The molecule has 7 nitrogen and oxygen atoms in total. The maximum atomic E-state index is 11.4. The summed E-state index contributed by atoms with van der Waals surface area (Å²) in [5, 5.41) is 11.1. The monoisotopic (exact) mass is 251 g/mol. The second-order valence-corrected chi connectivity index (χ2v) is 4.69. The lowest BCUT2D eigenvalue weighted by Crippen LogP contribution is -2.31. The van der Waals surface area contributed by atoms with Crippen LogP contribution in [-0.4, -0.2) is 58.8 Å². The summed E-state index contributed by atoms with van der Waals surface area (Å²) in [5.74, 6) is 0.383. The molecule has 7 heteroatoms. The summed E-state index contributed by atoms with van der Waals surface area (Å²) in [5.41, 5.74) is 0.998. The number of rotatable bonds is 4. The number of hydrogen-bond acceptors (Lipinski definition) is 4. The van der Waals surface area contributed by atoms with E-state index in [-0.39, 0.29) is 6.03 Å². The van der Waals surface area contributed by atoms with E-state index in [4.69, 9.17) is 4.74 Å². The Balaban J connectivity index is 1.55. The van der Waals surface area contributed by atoms with Crippen molar-refractivity contribution in [2.24, 2.45) is 0 Å². The van der Waals surface area contributed by atoms with Crippen molar-refractivity contribution in [1.82, 2.24) is 25.2 Å². The molecule has 18 heavy (non-hydrogen) atoms. The molecule has 1 atom stereocenters. The molecule has 0 unspecified atom stereocenters. The Morgan fingerprint density at radius 2 is 2.44 bits per heavy atom. The number of carbonyl (C=O) groups excluding carboxylic acids is 1. The highest BCUT2D eigenvalue weighted by atomic mass is 16.5. The molecule has 3 rings (SSSR count). The van der Waals surface area contributed by atoms with Crippen molar-refractivity contribution in [3.8, 4) is 0 Å². The molecular weight excluding hydrogens is 234 g/mol. The van der Waals surface area contributed by atoms with Crippen LogP contribution in [0.25, 0.3) is 0 Å². The molecule has 98 valence electrons. The third-order valence-electron chi connectivity index (χ3n) is 3.45. The van der Waals surface area contributed by atoms with Gasteiger partial charge in [-0.1, -0.05) is 5.21 Å². The highest BCUT2D eigenvalue weighted by Crippen LogP contribution is 2.22. The highest BCUT2D eigenvalue weighted by Gasteiger charge is 2.22. The normalized spacial score (nSPS) is 23.7. The third kappa shape index (κ3) is 2.31. The zero-order valence-corrected chi connectivity index (χ0v) is 10.2. The van der Waals surface area contributed by atoms with Gasteiger partial charge in [0, 0.05) is 38.4 Å². The molecule has 1 N–H and O–H groups in total. The molecule has 3 heterocycles. The zero-order chi connectivity index (χ0) is 12.4. The number of nitrogens with zero attached hydrogens (tertiary/aromatic N) is 4. The first-order chi connectivity index (χ1) is 8.83. The average molecular weight is 251 g/mol. The summed E-state index contributed by atoms with van der Waals surface area (Å²) in [6.45, 7) is 4.43. The van der Waals surface area contributed by atoms with Crippen molar-refractivity contribution < 1.29 is 9.53 Å². The smallest absolute Gasteiger partial charge is 0.317 e. The fraction of sp³-hybridized carbons (Fsp3) is 0.727. The van der Waals surface area contributed by atoms with E-state index >= 15 is 0 Å². The fourth-order valence-corrected chi connectivity index (χ4v) is 2.33. The lowest BCUT2D eigenvalue weighted by molar-refractivity contribution is 0.193. The van der Waals surface area contributed by atoms with E-state index in [1.54, 1.807) is 9.58 Å². The van der Waals surface area contributed by atoms with Gasteiger partial charge in [0.1, 0.15) is 0 Å². The van der Waals surface area contributed by atoms with Crippen LogP contribution >= 0.6 is 0 Å². The van der Waals surface area contributed by atoms with Gasteiger partial charge in [0.05, 0.1) is 18.8 Å². The molecule has 2 amide bonds. The predicted octanol–water partition coefficient (Wildman–Crippen LogP) is -0.193. The lowest BCUT2D eigenvalue weighted by Gasteiger charge is -2.13. The SMILES string of the molecule is O=C1NCCN1CCn1cc([C@@H]2CCOC2)nn1. The van der Waals surface area contributed by atoms with Crippen LogP contribution < -0.4 is 5.32 Å². The maximum absolute atomic E-state index is 11.4. The van der Waals surface area contributed by atoms with Crippen LogP contribution in [0.15, 0.2) is 6.20 Å². The molecular formula is C11H17N5O2. The molecule has 0 saturated carbocycles. The number of urea groups is 1. The van der Waals surface area contributed by atoms with Gasteiger partial charge < -0.3 is 15.0 Å². The van der Waals surface area contributed by atoms with E-state index in [9.17, 15) is 4.79 Å². The Labute approximate surface area is 105 Å². The molecule has 2 fully saturated rings. The van der Waals surface area contributed by atoms with Crippen LogP contribution in [0, 0.1) is 0 Å². The lowest BCUT2D eigenvalue weighted by atomic mass is 10.1. The summed E-state index contributed by atoms with van der Waals surface area (Å²) in [6, 6.07) is 0.0135. The van der Waals surface area contributed by atoms with E-state index in [1.807, 2.05) is 6.20 Å². The Bertz CT molecular complexity index is 427. The Morgan fingerprint density at radius 1 is 1.50 bits per heavy atom. The summed E-state index contributed by atoms with van der Waals surface area (Å²) in [6.07, 6.45) is 2.99. The third-order valence-corrected chi connectivity index (χ3v) is 3.45. The maximum Gasteiger partial charge on any atom is 0.317 e. The number of hydrogen-bond donors (Lipinski definition) is 1. The minimum atomic E-state index is 0.0135. The molecule has 1 aromatic heterocycles. The number of aromatic nitrogens is 3. The van der Waals surface area contributed by atoms with Crippen molar-refractivity contribution in [2.45, 2.75) is 18.9 Å². The quantitative estimate of drug-likeness (QED) is 0.805.